The van der Waals surface area contributed by atoms with Crippen LogP contribution in [0.25, 0.3) is 11.1 Å². The molecule has 0 aliphatic carbocycles. The van der Waals surface area contributed by atoms with Gasteiger partial charge in [0.1, 0.15) is 0 Å². The van der Waals surface area contributed by atoms with Crippen LogP contribution in [0.2, 0.25) is 10.0 Å². The molecule has 0 fully saturated rings. The molecule has 0 unspecified atom stereocenters. The normalized spacial score (nSPS) is 11.7. The molecule has 106 valence electrons. The summed E-state index contributed by atoms with van der Waals surface area (Å²) in [5.41, 5.74) is 0.915. The van der Waals surface area contributed by atoms with Crippen molar-refractivity contribution >= 4 is 39.1 Å². The first kappa shape index (κ1) is 15.7. The fraction of sp³-hybridized carbons (Fsp3) is 0.143. The summed E-state index contributed by atoms with van der Waals surface area (Å²) in [4.78, 5) is 0. The molecule has 0 spiro atoms. The number of halogens is 6. The highest BCUT2D eigenvalue weighted by atomic mass is 79.9. The second-order valence-corrected chi connectivity index (χ2v) is 5.48. The van der Waals surface area contributed by atoms with Gasteiger partial charge in [0.2, 0.25) is 0 Å². The van der Waals surface area contributed by atoms with Gasteiger partial charge in [0.15, 0.2) is 0 Å². The Morgan fingerprint density at radius 3 is 2.10 bits per heavy atom. The minimum atomic E-state index is -4.38. The second-order valence-electron chi connectivity index (χ2n) is 4.10. The minimum Gasteiger partial charge on any atom is -0.166 e. The summed E-state index contributed by atoms with van der Waals surface area (Å²) in [6.07, 6.45) is -4.38. The summed E-state index contributed by atoms with van der Waals surface area (Å²) in [5, 5.41) is 1.08. The fourth-order valence-electron chi connectivity index (χ4n) is 1.88. The first-order valence-corrected chi connectivity index (χ1v) is 7.43. The van der Waals surface area contributed by atoms with Crippen molar-refractivity contribution in [3.05, 3.63) is 57.6 Å². The van der Waals surface area contributed by atoms with E-state index >= 15 is 0 Å². The highest BCUT2D eigenvalue weighted by molar-refractivity contribution is 9.08. The van der Waals surface area contributed by atoms with E-state index in [4.69, 9.17) is 23.2 Å². The molecule has 0 atom stereocenters. The zero-order valence-electron chi connectivity index (χ0n) is 9.94. The Kier molecular flexibility index (Phi) is 4.67. The lowest BCUT2D eigenvalue weighted by Gasteiger charge is -2.14. The van der Waals surface area contributed by atoms with E-state index in [-0.39, 0.29) is 5.33 Å². The van der Waals surface area contributed by atoms with Crippen LogP contribution in [0.1, 0.15) is 11.1 Å². The third-order valence-electron chi connectivity index (χ3n) is 2.81. The fourth-order valence-corrected chi connectivity index (χ4v) is 2.94. The van der Waals surface area contributed by atoms with Crippen molar-refractivity contribution in [2.75, 3.05) is 0 Å². The van der Waals surface area contributed by atoms with Crippen LogP contribution >= 0.6 is 39.1 Å². The van der Waals surface area contributed by atoms with Gasteiger partial charge in [-0.05, 0) is 35.4 Å². The van der Waals surface area contributed by atoms with Gasteiger partial charge >= 0.3 is 6.18 Å². The topological polar surface area (TPSA) is 0 Å². The Balaban J connectivity index is 2.64. The van der Waals surface area contributed by atoms with E-state index in [9.17, 15) is 13.2 Å². The molecule has 0 aliphatic rings. The van der Waals surface area contributed by atoms with Crippen LogP contribution < -0.4 is 0 Å². The molecule has 0 N–H and O–H groups in total. The summed E-state index contributed by atoms with van der Waals surface area (Å²) >= 11 is 15.4. The Morgan fingerprint density at radius 2 is 1.60 bits per heavy atom. The monoisotopic (exact) mass is 382 g/mol. The third kappa shape index (κ3) is 3.13. The van der Waals surface area contributed by atoms with Crippen LogP contribution in [-0.2, 0) is 11.5 Å². The molecule has 0 saturated heterocycles. The van der Waals surface area contributed by atoms with Crippen LogP contribution in [0.15, 0.2) is 36.4 Å². The number of benzene rings is 2. The molecule has 20 heavy (non-hydrogen) atoms. The van der Waals surface area contributed by atoms with Crippen molar-refractivity contribution in [3.8, 4) is 11.1 Å². The van der Waals surface area contributed by atoms with E-state index in [0.29, 0.717) is 26.7 Å². The highest BCUT2D eigenvalue weighted by Gasteiger charge is 2.31. The van der Waals surface area contributed by atoms with E-state index < -0.39 is 11.7 Å². The maximum Gasteiger partial charge on any atom is 0.416 e. The molecule has 0 aromatic heterocycles. The maximum absolute atomic E-state index is 12.7. The van der Waals surface area contributed by atoms with Crippen LogP contribution in [0.3, 0.4) is 0 Å². The van der Waals surface area contributed by atoms with Gasteiger partial charge in [0.25, 0.3) is 0 Å². The predicted molar refractivity (Wildman–Crippen MR) is 79.5 cm³/mol. The summed E-state index contributed by atoms with van der Waals surface area (Å²) in [7, 11) is 0. The average molecular weight is 384 g/mol. The van der Waals surface area contributed by atoms with Crippen molar-refractivity contribution < 1.29 is 13.2 Å². The quantitative estimate of drug-likeness (QED) is 0.514. The molecular weight excluding hydrogens is 376 g/mol. The molecule has 0 bridgehead atoms. The van der Waals surface area contributed by atoms with Crippen LogP contribution in [-0.4, -0.2) is 0 Å². The summed E-state index contributed by atoms with van der Waals surface area (Å²) < 4.78 is 38.2. The van der Waals surface area contributed by atoms with E-state index in [1.165, 1.54) is 6.07 Å². The predicted octanol–water partition coefficient (Wildman–Crippen LogP) is 6.57. The van der Waals surface area contributed by atoms with Crippen molar-refractivity contribution in [1.82, 2.24) is 0 Å². The molecule has 0 saturated carbocycles. The Morgan fingerprint density at radius 1 is 1.00 bits per heavy atom. The number of hydrogen-bond acceptors (Lipinski definition) is 0. The van der Waals surface area contributed by atoms with Crippen LogP contribution in [0.5, 0.6) is 0 Å². The number of hydrogen-bond donors (Lipinski definition) is 0. The first-order chi connectivity index (χ1) is 9.34. The molecule has 6 heteroatoms. The third-order valence-corrected chi connectivity index (χ3v) is 4.04. The summed E-state index contributed by atoms with van der Waals surface area (Å²) in [5.74, 6) is 0. The van der Waals surface area contributed by atoms with Gasteiger partial charge in [-0.1, -0.05) is 51.3 Å². The van der Waals surface area contributed by atoms with E-state index in [1.807, 2.05) is 0 Å². The van der Waals surface area contributed by atoms with Gasteiger partial charge in [-0.3, -0.25) is 0 Å². The Labute approximate surface area is 132 Å². The zero-order valence-corrected chi connectivity index (χ0v) is 13.0. The largest absolute Gasteiger partial charge is 0.416 e. The summed E-state index contributed by atoms with van der Waals surface area (Å²) in [6, 6.07) is 8.51. The minimum absolute atomic E-state index is 0.272. The molecule has 0 amide bonds. The lowest BCUT2D eigenvalue weighted by Crippen LogP contribution is -2.05. The molecule has 0 radical (unpaired) electrons. The second kappa shape index (κ2) is 5.96. The van der Waals surface area contributed by atoms with Crippen molar-refractivity contribution in [2.45, 2.75) is 11.5 Å². The maximum atomic E-state index is 12.7. The molecule has 0 heterocycles. The highest BCUT2D eigenvalue weighted by Crippen LogP contribution is 2.39. The molecule has 2 rings (SSSR count). The van der Waals surface area contributed by atoms with Gasteiger partial charge in [-0.15, -0.1) is 0 Å². The zero-order chi connectivity index (χ0) is 14.9. The smallest absolute Gasteiger partial charge is 0.166 e. The lowest BCUT2D eigenvalue weighted by molar-refractivity contribution is -0.137. The SMILES string of the molecule is FC(F)(F)c1ccc(-c2c(Cl)cccc2Cl)c(CBr)c1. The molecule has 0 nitrogen and oxygen atoms in total. The van der Waals surface area contributed by atoms with Crippen LogP contribution in [0.4, 0.5) is 13.2 Å². The van der Waals surface area contributed by atoms with Gasteiger partial charge in [-0.2, -0.15) is 13.2 Å². The van der Waals surface area contributed by atoms with Gasteiger partial charge in [0.05, 0.1) is 5.56 Å². The molecule has 0 aliphatic heterocycles. The van der Waals surface area contributed by atoms with Crippen LogP contribution in [0, 0.1) is 0 Å². The Bertz CT molecular complexity index is 619. The van der Waals surface area contributed by atoms with E-state index in [2.05, 4.69) is 15.9 Å². The molecular formula is C14H8BrCl2F3. The van der Waals surface area contributed by atoms with E-state index in [1.54, 1.807) is 18.2 Å². The molecule has 2 aromatic carbocycles. The van der Waals surface area contributed by atoms with Crippen molar-refractivity contribution in [1.29, 1.82) is 0 Å². The van der Waals surface area contributed by atoms with Gasteiger partial charge in [0, 0.05) is 20.9 Å². The molecule has 2 aromatic rings. The number of rotatable bonds is 2. The van der Waals surface area contributed by atoms with Gasteiger partial charge in [-0.25, -0.2) is 0 Å². The van der Waals surface area contributed by atoms with Crippen molar-refractivity contribution in [2.24, 2.45) is 0 Å². The lowest BCUT2D eigenvalue weighted by atomic mass is 9.98. The van der Waals surface area contributed by atoms with E-state index in [0.717, 1.165) is 12.1 Å². The van der Waals surface area contributed by atoms with Crippen molar-refractivity contribution in [3.63, 3.8) is 0 Å². The standard InChI is InChI=1S/C14H8BrCl2F3/c15-7-8-6-9(14(18,19)20)4-5-10(8)13-11(16)2-1-3-12(13)17/h1-6H,7H2. The Hall–Kier alpha value is -0.710. The summed E-state index contributed by atoms with van der Waals surface area (Å²) in [6.45, 7) is 0. The first-order valence-electron chi connectivity index (χ1n) is 5.55. The number of alkyl halides is 4. The average Bonchev–Trinajstić information content (AvgIpc) is 2.37. The van der Waals surface area contributed by atoms with Gasteiger partial charge < -0.3 is 0 Å².